The molecule has 86 valence electrons. The van der Waals surface area contributed by atoms with Crippen LogP contribution in [0.4, 0.5) is 0 Å². The van der Waals surface area contributed by atoms with Crippen molar-refractivity contribution in [2.45, 2.75) is 6.92 Å². The summed E-state index contributed by atoms with van der Waals surface area (Å²) in [6, 6.07) is 11.6. The van der Waals surface area contributed by atoms with E-state index in [-0.39, 0.29) is 0 Å². The molecule has 0 radical (unpaired) electrons. The molecule has 0 aliphatic rings. The Labute approximate surface area is 98.6 Å². The average Bonchev–Trinajstić information content (AvgIpc) is 2.33. The van der Waals surface area contributed by atoms with Gasteiger partial charge in [-0.15, -0.1) is 0 Å². The summed E-state index contributed by atoms with van der Waals surface area (Å²) in [5, 5.41) is 20.0. The predicted molar refractivity (Wildman–Crippen MR) is 66.9 cm³/mol. The second-order valence-corrected chi connectivity index (χ2v) is 3.84. The van der Waals surface area contributed by atoms with E-state index in [4.69, 9.17) is 5.11 Å². The van der Waals surface area contributed by atoms with Crippen LogP contribution < -0.4 is 0 Å². The molecule has 0 amide bonds. The molecule has 2 N–H and O–H groups in total. The minimum Gasteiger partial charge on any atom is -0.502 e. The van der Waals surface area contributed by atoms with Gasteiger partial charge in [-0.1, -0.05) is 36.4 Å². The number of carboxylic acids is 1. The van der Waals surface area contributed by atoms with Gasteiger partial charge in [0, 0.05) is 0 Å². The zero-order chi connectivity index (χ0) is 12.4. The molecule has 0 spiro atoms. The first-order chi connectivity index (χ1) is 8.09. The predicted octanol–water partition coefficient (Wildman–Crippen LogP) is 3.13. The largest absolute Gasteiger partial charge is 0.502 e. The third kappa shape index (κ3) is 2.13. The molecule has 2 aromatic carbocycles. The maximum atomic E-state index is 10.6. The van der Waals surface area contributed by atoms with Crippen LogP contribution in [0.3, 0.4) is 0 Å². The van der Waals surface area contributed by atoms with Gasteiger partial charge >= 0.3 is 5.97 Å². The van der Waals surface area contributed by atoms with Crippen LogP contribution >= 0.6 is 0 Å². The van der Waals surface area contributed by atoms with Crippen LogP contribution in [0, 0.1) is 6.92 Å². The zero-order valence-corrected chi connectivity index (χ0v) is 9.34. The van der Waals surface area contributed by atoms with Crippen LogP contribution in [0.1, 0.15) is 11.1 Å². The molecular weight excluding hydrogens is 216 g/mol. The first-order valence-electron chi connectivity index (χ1n) is 5.22. The summed E-state index contributed by atoms with van der Waals surface area (Å²) in [6.07, 6.45) is 1.27. The number of rotatable bonds is 2. The molecule has 0 aliphatic heterocycles. The highest BCUT2D eigenvalue weighted by Crippen LogP contribution is 2.23. The topological polar surface area (TPSA) is 57.5 Å². The zero-order valence-electron chi connectivity index (χ0n) is 9.34. The molecule has 0 aromatic heterocycles. The van der Waals surface area contributed by atoms with E-state index in [1.54, 1.807) is 6.07 Å². The lowest BCUT2D eigenvalue weighted by Gasteiger charge is -2.06. The van der Waals surface area contributed by atoms with Crippen LogP contribution in [0.15, 0.2) is 42.2 Å². The Morgan fingerprint density at radius 2 is 1.82 bits per heavy atom. The van der Waals surface area contributed by atoms with Gasteiger partial charge in [0.05, 0.1) is 0 Å². The van der Waals surface area contributed by atoms with Crippen molar-refractivity contribution in [2.75, 3.05) is 0 Å². The van der Waals surface area contributed by atoms with Crippen molar-refractivity contribution in [3.63, 3.8) is 0 Å². The van der Waals surface area contributed by atoms with Crippen molar-refractivity contribution >= 4 is 22.8 Å². The van der Waals surface area contributed by atoms with Crippen molar-refractivity contribution in [3.8, 4) is 0 Å². The number of aliphatic hydroxyl groups excluding tert-OH is 1. The number of carboxylic acid groups (broad SMARTS) is 1. The smallest absolute Gasteiger partial charge is 0.370 e. The third-order valence-electron chi connectivity index (χ3n) is 2.75. The Morgan fingerprint density at radius 3 is 2.53 bits per heavy atom. The van der Waals surface area contributed by atoms with E-state index in [0.29, 0.717) is 5.56 Å². The van der Waals surface area contributed by atoms with Gasteiger partial charge in [-0.05, 0) is 34.9 Å². The van der Waals surface area contributed by atoms with Crippen molar-refractivity contribution in [2.24, 2.45) is 0 Å². The molecule has 0 fully saturated rings. The van der Waals surface area contributed by atoms with Gasteiger partial charge in [0.1, 0.15) is 0 Å². The molecule has 0 bridgehead atoms. The van der Waals surface area contributed by atoms with Crippen LogP contribution in [-0.4, -0.2) is 16.2 Å². The molecule has 0 saturated carbocycles. The highest BCUT2D eigenvalue weighted by Gasteiger charge is 2.06. The maximum Gasteiger partial charge on any atom is 0.370 e. The van der Waals surface area contributed by atoms with Crippen LogP contribution in [0.2, 0.25) is 0 Å². The van der Waals surface area contributed by atoms with Crippen LogP contribution in [0.25, 0.3) is 16.8 Å². The van der Waals surface area contributed by atoms with Crippen LogP contribution in [0.5, 0.6) is 0 Å². The summed E-state index contributed by atoms with van der Waals surface area (Å²) in [5.74, 6) is -1.97. The molecule has 0 unspecified atom stereocenters. The summed E-state index contributed by atoms with van der Waals surface area (Å²) in [5.41, 5.74) is 1.67. The van der Waals surface area contributed by atoms with Crippen molar-refractivity contribution in [3.05, 3.63) is 53.3 Å². The Balaban J connectivity index is 2.61. The number of hydrogen-bond acceptors (Lipinski definition) is 2. The third-order valence-corrected chi connectivity index (χ3v) is 2.75. The monoisotopic (exact) mass is 228 g/mol. The van der Waals surface area contributed by atoms with Gasteiger partial charge < -0.3 is 10.2 Å². The summed E-state index contributed by atoms with van der Waals surface area (Å²) in [4.78, 5) is 10.6. The normalized spacial score (nSPS) is 11.7. The van der Waals surface area contributed by atoms with Gasteiger partial charge in [-0.25, -0.2) is 4.79 Å². The van der Waals surface area contributed by atoms with Crippen molar-refractivity contribution in [1.82, 2.24) is 0 Å². The molecule has 3 nitrogen and oxygen atoms in total. The number of fused-ring (bicyclic) bond motifs is 1. The minimum atomic E-state index is -1.32. The Hall–Kier alpha value is -2.29. The summed E-state index contributed by atoms with van der Waals surface area (Å²) in [7, 11) is 0. The molecule has 0 atom stereocenters. The van der Waals surface area contributed by atoms with E-state index in [2.05, 4.69) is 0 Å². The van der Waals surface area contributed by atoms with E-state index in [1.165, 1.54) is 6.08 Å². The maximum absolute atomic E-state index is 10.6. The van der Waals surface area contributed by atoms with Crippen molar-refractivity contribution < 1.29 is 15.0 Å². The number of benzene rings is 2. The lowest BCUT2D eigenvalue weighted by Crippen LogP contribution is -1.99. The summed E-state index contributed by atoms with van der Waals surface area (Å²) < 4.78 is 0. The van der Waals surface area contributed by atoms with Gasteiger partial charge in [0.15, 0.2) is 0 Å². The SMILES string of the molecule is Cc1c(/C=C(\O)C(=O)O)ccc2ccccc12. The summed E-state index contributed by atoms with van der Waals surface area (Å²) >= 11 is 0. The Morgan fingerprint density at radius 1 is 1.12 bits per heavy atom. The standard InChI is InChI=1S/C14H12O3/c1-9-11(8-13(15)14(16)17)7-6-10-4-2-3-5-12(9)10/h2-8,15H,1H3,(H,16,17)/b13-8-. The van der Waals surface area contributed by atoms with E-state index < -0.39 is 11.7 Å². The molecule has 2 rings (SSSR count). The van der Waals surface area contributed by atoms with Gasteiger partial charge in [-0.2, -0.15) is 0 Å². The fraction of sp³-hybridized carbons (Fsp3) is 0.0714. The van der Waals surface area contributed by atoms with Crippen molar-refractivity contribution in [1.29, 1.82) is 0 Å². The lowest BCUT2D eigenvalue weighted by atomic mass is 10.00. The molecule has 0 saturated heterocycles. The molecule has 0 aliphatic carbocycles. The van der Waals surface area contributed by atoms with E-state index >= 15 is 0 Å². The number of aliphatic hydroxyl groups is 1. The van der Waals surface area contributed by atoms with Gasteiger partial charge in [-0.3, -0.25) is 0 Å². The first kappa shape index (κ1) is 11.2. The van der Waals surface area contributed by atoms with E-state index in [1.807, 2.05) is 37.3 Å². The molecule has 0 heterocycles. The lowest BCUT2D eigenvalue weighted by molar-refractivity contribution is -0.135. The molecular formula is C14H12O3. The minimum absolute atomic E-state index is 0.650. The second-order valence-electron chi connectivity index (χ2n) is 3.84. The van der Waals surface area contributed by atoms with E-state index in [9.17, 15) is 9.90 Å². The fourth-order valence-electron chi connectivity index (χ4n) is 1.81. The van der Waals surface area contributed by atoms with Gasteiger partial charge in [0.2, 0.25) is 5.76 Å². The second kappa shape index (κ2) is 4.29. The fourth-order valence-corrected chi connectivity index (χ4v) is 1.81. The molecule has 17 heavy (non-hydrogen) atoms. The Kier molecular flexibility index (Phi) is 2.83. The van der Waals surface area contributed by atoms with Gasteiger partial charge in [0.25, 0.3) is 0 Å². The number of carbonyl (C=O) groups is 1. The number of hydrogen-bond donors (Lipinski definition) is 2. The quantitative estimate of drug-likeness (QED) is 0.613. The molecule has 2 aromatic rings. The highest BCUT2D eigenvalue weighted by molar-refractivity contribution is 5.93. The number of aryl methyl sites for hydroxylation is 1. The summed E-state index contributed by atoms with van der Waals surface area (Å²) in [6.45, 7) is 1.91. The first-order valence-corrected chi connectivity index (χ1v) is 5.22. The average molecular weight is 228 g/mol. The van der Waals surface area contributed by atoms with Crippen LogP contribution in [-0.2, 0) is 4.79 Å². The van der Waals surface area contributed by atoms with E-state index in [0.717, 1.165) is 16.3 Å². The highest BCUT2D eigenvalue weighted by atomic mass is 16.4. The number of aliphatic carboxylic acids is 1. The molecule has 3 heteroatoms. The Bertz CT molecular complexity index is 612.